The minimum atomic E-state index is 0.790. The van der Waals surface area contributed by atoms with E-state index in [-0.39, 0.29) is 0 Å². The molecule has 0 spiro atoms. The Morgan fingerprint density at radius 2 is 2.33 bits per heavy atom. The topological polar surface area (TPSA) is 28.7 Å². The van der Waals surface area contributed by atoms with Gasteiger partial charge in [-0.3, -0.25) is 5.10 Å². The molecule has 0 unspecified atom stereocenters. The summed E-state index contributed by atoms with van der Waals surface area (Å²) >= 11 is 6.70. The fourth-order valence-electron chi connectivity index (χ4n) is 0.554. The van der Waals surface area contributed by atoms with Crippen molar-refractivity contribution in [1.29, 1.82) is 0 Å². The number of rotatable bonds is 1. The summed E-state index contributed by atoms with van der Waals surface area (Å²) in [5.74, 6) is 0. The first-order chi connectivity index (χ1) is 4.25. The van der Waals surface area contributed by atoms with Gasteiger partial charge in [-0.2, -0.15) is 5.10 Å². The average Bonchev–Trinajstić information content (AvgIpc) is 2.15. The molecule has 1 heterocycles. The van der Waals surface area contributed by atoms with Crippen molar-refractivity contribution in [3.63, 3.8) is 0 Å². The van der Waals surface area contributed by atoms with Crippen LogP contribution in [0.2, 0.25) is 0 Å². The van der Waals surface area contributed by atoms with Gasteiger partial charge in [0.2, 0.25) is 0 Å². The van der Waals surface area contributed by atoms with Crippen LogP contribution in [-0.4, -0.2) is 10.2 Å². The number of aryl methyl sites for hydroxylation is 1. The molecule has 0 saturated heterocycles. The number of hydrogen-bond donors (Lipinski definition) is 1. The third kappa shape index (κ3) is 1.35. The molecule has 0 aliphatic carbocycles. The second kappa shape index (κ2) is 2.84. The Balaban J connectivity index is 3.04. The zero-order chi connectivity index (χ0) is 6.85. The van der Waals surface area contributed by atoms with Crippen LogP contribution in [0.4, 0.5) is 0 Å². The number of nitrogens with one attached hydrogen (secondary N) is 1. The van der Waals surface area contributed by atoms with E-state index >= 15 is 0 Å². The zero-order valence-corrected chi connectivity index (χ0v) is 8.08. The summed E-state index contributed by atoms with van der Waals surface area (Å²) in [7, 11) is 0. The van der Waals surface area contributed by atoms with E-state index < -0.39 is 0 Å². The molecule has 0 amide bonds. The van der Waals surface area contributed by atoms with E-state index in [1.165, 1.54) is 0 Å². The predicted octanol–water partition coefficient (Wildman–Crippen LogP) is 2.38. The summed E-state index contributed by atoms with van der Waals surface area (Å²) in [5, 5.41) is 7.67. The van der Waals surface area contributed by atoms with Crippen molar-refractivity contribution in [2.75, 3.05) is 0 Å². The summed E-state index contributed by atoms with van der Waals surface area (Å²) in [5.41, 5.74) is 2.09. The third-order valence-corrected chi connectivity index (χ3v) is 2.65. The second-order valence-electron chi connectivity index (χ2n) is 1.74. The molecule has 0 aromatic carbocycles. The summed E-state index contributed by atoms with van der Waals surface area (Å²) in [6, 6.07) is 0. The van der Waals surface area contributed by atoms with Crippen LogP contribution in [-0.2, 0) is 5.33 Å². The molecule has 4 heteroatoms. The molecule has 0 aliphatic heterocycles. The third-order valence-electron chi connectivity index (χ3n) is 1.07. The average molecular weight is 254 g/mol. The number of H-pyrrole nitrogens is 1. The normalized spacial score (nSPS) is 10.1. The summed E-state index contributed by atoms with van der Waals surface area (Å²) in [6.45, 7) is 1.98. The number of halogens is 2. The minimum Gasteiger partial charge on any atom is -0.281 e. The maximum absolute atomic E-state index is 4.02. The van der Waals surface area contributed by atoms with Crippen molar-refractivity contribution < 1.29 is 0 Å². The molecule has 0 saturated carbocycles. The fourth-order valence-corrected chi connectivity index (χ4v) is 1.65. The molecule has 1 aromatic rings. The van der Waals surface area contributed by atoms with Crippen molar-refractivity contribution >= 4 is 31.9 Å². The molecule has 0 bridgehead atoms. The summed E-state index contributed by atoms with van der Waals surface area (Å²) in [6.07, 6.45) is 0. The number of alkyl halides is 1. The number of nitrogens with zero attached hydrogens (tertiary/aromatic N) is 1. The molecule has 1 rings (SSSR count). The molecule has 1 aromatic heterocycles. The molecule has 9 heavy (non-hydrogen) atoms. The van der Waals surface area contributed by atoms with Gasteiger partial charge < -0.3 is 0 Å². The Bertz CT molecular complexity index is 207. The summed E-state index contributed by atoms with van der Waals surface area (Å²) < 4.78 is 1.07. The van der Waals surface area contributed by atoms with Gasteiger partial charge >= 0.3 is 0 Å². The molecule has 0 fully saturated rings. The van der Waals surface area contributed by atoms with Gasteiger partial charge in [0.25, 0.3) is 0 Å². The van der Waals surface area contributed by atoms with Crippen molar-refractivity contribution in [1.82, 2.24) is 10.2 Å². The molecule has 0 radical (unpaired) electrons. The van der Waals surface area contributed by atoms with Crippen LogP contribution in [0.15, 0.2) is 4.47 Å². The minimum absolute atomic E-state index is 0.790. The maximum atomic E-state index is 4.02. The van der Waals surface area contributed by atoms with Gasteiger partial charge in [0.15, 0.2) is 0 Å². The van der Waals surface area contributed by atoms with Gasteiger partial charge in [-0.25, -0.2) is 0 Å². The Kier molecular flexibility index (Phi) is 2.29. The van der Waals surface area contributed by atoms with E-state index in [2.05, 4.69) is 42.1 Å². The Hall–Kier alpha value is 0.170. The first kappa shape index (κ1) is 7.28. The lowest BCUT2D eigenvalue weighted by Crippen LogP contribution is -1.75. The quantitative estimate of drug-likeness (QED) is 0.765. The lowest BCUT2D eigenvalue weighted by molar-refractivity contribution is 1.01. The Morgan fingerprint density at radius 1 is 1.67 bits per heavy atom. The van der Waals surface area contributed by atoms with E-state index in [1.807, 2.05) is 6.92 Å². The highest BCUT2D eigenvalue weighted by atomic mass is 79.9. The van der Waals surface area contributed by atoms with Crippen molar-refractivity contribution in [2.45, 2.75) is 12.3 Å². The monoisotopic (exact) mass is 252 g/mol. The van der Waals surface area contributed by atoms with Crippen molar-refractivity contribution in [2.24, 2.45) is 0 Å². The molecule has 0 aliphatic rings. The van der Waals surface area contributed by atoms with Crippen LogP contribution >= 0.6 is 31.9 Å². The zero-order valence-electron chi connectivity index (χ0n) is 4.91. The van der Waals surface area contributed by atoms with Gasteiger partial charge in [-0.15, -0.1) is 0 Å². The highest BCUT2D eigenvalue weighted by Gasteiger charge is 2.03. The van der Waals surface area contributed by atoms with Gasteiger partial charge in [0.05, 0.1) is 10.2 Å². The van der Waals surface area contributed by atoms with Crippen LogP contribution in [0.3, 0.4) is 0 Å². The lowest BCUT2D eigenvalue weighted by atomic mass is 10.4. The highest BCUT2D eigenvalue weighted by Crippen LogP contribution is 2.19. The van der Waals surface area contributed by atoms with Gasteiger partial charge in [0, 0.05) is 11.0 Å². The van der Waals surface area contributed by atoms with Crippen LogP contribution < -0.4 is 0 Å². The van der Waals surface area contributed by atoms with Crippen LogP contribution in [0.25, 0.3) is 0 Å². The van der Waals surface area contributed by atoms with E-state index in [4.69, 9.17) is 0 Å². The van der Waals surface area contributed by atoms with Gasteiger partial charge in [-0.05, 0) is 22.9 Å². The molecule has 0 atom stereocenters. The molecule has 1 N–H and O–H groups in total. The number of hydrogen-bond acceptors (Lipinski definition) is 1. The van der Waals surface area contributed by atoms with Crippen molar-refractivity contribution in [3.05, 3.63) is 15.9 Å². The van der Waals surface area contributed by atoms with Crippen LogP contribution in [0.5, 0.6) is 0 Å². The van der Waals surface area contributed by atoms with Gasteiger partial charge in [0.1, 0.15) is 0 Å². The molecular formula is C5H6Br2N2. The van der Waals surface area contributed by atoms with E-state index in [1.54, 1.807) is 0 Å². The number of aromatic nitrogens is 2. The predicted molar refractivity (Wildman–Crippen MR) is 43.7 cm³/mol. The van der Waals surface area contributed by atoms with Gasteiger partial charge in [-0.1, -0.05) is 15.9 Å². The Morgan fingerprint density at radius 3 is 2.56 bits per heavy atom. The molecular weight excluding hydrogens is 248 g/mol. The summed E-state index contributed by atoms with van der Waals surface area (Å²) in [4.78, 5) is 0. The van der Waals surface area contributed by atoms with Crippen LogP contribution in [0, 0.1) is 6.92 Å². The number of aromatic amines is 1. The maximum Gasteiger partial charge on any atom is 0.0872 e. The van der Waals surface area contributed by atoms with E-state index in [9.17, 15) is 0 Å². The standard InChI is InChI=1S/C5H6Br2N2/c1-3-5(7)4(2-6)9-8-3/h2H2,1H3,(H,8,9). The smallest absolute Gasteiger partial charge is 0.0872 e. The van der Waals surface area contributed by atoms with Crippen LogP contribution in [0.1, 0.15) is 11.4 Å². The highest BCUT2D eigenvalue weighted by molar-refractivity contribution is 9.10. The first-order valence-electron chi connectivity index (χ1n) is 2.51. The first-order valence-corrected chi connectivity index (χ1v) is 4.42. The Labute approximate surface area is 70.3 Å². The fraction of sp³-hybridized carbons (Fsp3) is 0.400. The molecule has 2 nitrogen and oxygen atoms in total. The molecule has 50 valence electrons. The SMILES string of the molecule is Cc1[nH]nc(CBr)c1Br. The van der Waals surface area contributed by atoms with E-state index in [0.717, 1.165) is 21.2 Å². The lowest BCUT2D eigenvalue weighted by Gasteiger charge is -1.85. The van der Waals surface area contributed by atoms with Crippen molar-refractivity contribution in [3.8, 4) is 0 Å². The van der Waals surface area contributed by atoms with E-state index in [0.29, 0.717) is 0 Å². The largest absolute Gasteiger partial charge is 0.281 e. The second-order valence-corrected chi connectivity index (χ2v) is 3.10.